The first-order valence-electron chi connectivity index (χ1n) is 9.41. The van der Waals surface area contributed by atoms with Crippen molar-refractivity contribution >= 4 is 0 Å². The van der Waals surface area contributed by atoms with Crippen molar-refractivity contribution in [3.63, 3.8) is 0 Å². The van der Waals surface area contributed by atoms with E-state index in [1.165, 1.54) is 29.7 Å². The average molecular weight is 331 g/mol. The van der Waals surface area contributed by atoms with E-state index >= 15 is 0 Å². The van der Waals surface area contributed by atoms with Crippen molar-refractivity contribution in [2.45, 2.75) is 44.7 Å². The van der Waals surface area contributed by atoms with E-state index in [2.05, 4.69) is 61.1 Å². The van der Waals surface area contributed by atoms with E-state index in [0.717, 1.165) is 26.2 Å². The van der Waals surface area contributed by atoms with E-state index in [-0.39, 0.29) is 5.41 Å². The maximum Gasteiger partial charge on any atom is 0.0479 e. The molecule has 2 aliphatic heterocycles. The lowest BCUT2D eigenvalue weighted by Crippen LogP contribution is -2.45. The maximum atomic E-state index is 6.15. The predicted octanol–water partition coefficient (Wildman–Crippen LogP) is 2.27. The van der Waals surface area contributed by atoms with Gasteiger partial charge >= 0.3 is 0 Å². The highest BCUT2D eigenvalue weighted by atomic mass is 15.2. The number of nitrogens with two attached hydrogens (primary N) is 1. The van der Waals surface area contributed by atoms with Gasteiger partial charge in [-0.3, -0.25) is 9.80 Å². The van der Waals surface area contributed by atoms with Crippen LogP contribution in [0.5, 0.6) is 0 Å². The Hall–Kier alpha value is -0.940. The number of nitrogens with zero attached hydrogens (tertiary/aromatic N) is 2. The minimum atomic E-state index is 0.173. The van der Waals surface area contributed by atoms with Crippen LogP contribution in [-0.2, 0) is 5.41 Å². The summed E-state index contributed by atoms with van der Waals surface area (Å²) in [6.07, 6.45) is 1.23. The van der Waals surface area contributed by atoms with Crippen LogP contribution >= 0.6 is 0 Å². The third kappa shape index (κ3) is 3.52. The Labute approximate surface area is 147 Å². The molecule has 2 aliphatic rings. The van der Waals surface area contributed by atoms with Gasteiger partial charge in [-0.1, -0.05) is 39.0 Å². The summed E-state index contributed by atoms with van der Waals surface area (Å²) in [6.45, 7) is 13.2. The highest BCUT2D eigenvalue weighted by Gasteiger charge is 2.34. The lowest BCUT2D eigenvalue weighted by molar-refractivity contribution is 0.116. The molecule has 0 spiro atoms. The molecule has 4 heteroatoms. The van der Waals surface area contributed by atoms with Crippen LogP contribution in [0.1, 0.15) is 56.0 Å². The maximum absolute atomic E-state index is 6.15. The van der Waals surface area contributed by atoms with Gasteiger partial charge in [0.15, 0.2) is 0 Å². The van der Waals surface area contributed by atoms with Gasteiger partial charge < -0.3 is 11.1 Å². The molecule has 0 amide bonds. The first-order chi connectivity index (χ1) is 11.4. The molecule has 0 radical (unpaired) electrons. The molecule has 0 aliphatic carbocycles. The monoisotopic (exact) mass is 330 g/mol. The molecule has 2 heterocycles. The molecule has 2 unspecified atom stereocenters. The van der Waals surface area contributed by atoms with Crippen LogP contribution in [0.15, 0.2) is 18.2 Å². The molecule has 3 N–H and O–H groups in total. The standard InChI is InChI=1S/C20H34N4/c1-20(2,3)15-6-7-16-17(12-15)18(13-21)23(4)14-19(16)24-10-5-8-22-9-11-24/h6-7,12,18-19,22H,5,8-11,13-14,21H2,1-4H3. The van der Waals surface area contributed by atoms with E-state index in [4.69, 9.17) is 5.73 Å². The summed E-state index contributed by atoms with van der Waals surface area (Å²) in [5.74, 6) is 0. The molecule has 1 saturated heterocycles. The van der Waals surface area contributed by atoms with Crippen LogP contribution < -0.4 is 11.1 Å². The quantitative estimate of drug-likeness (QED) is 0.873. The molecule has 24 heavy (non-hydrogen) atoms. The Kier molecular flexibility index (Phi) is 5.30. The Balaban J connectivity index is 2.00. The fourth-order valence-corrected chi connectivity index (χ4v) is 4.17. The SMILES string of the molecule is CN1CC(N2CCCNCC2)c2ccc(C(C)(C)C)cc2C1CN. The molecule has 1 aromatic carbocycles. The van der Waals surface area contributed by atoms with Crippen molar-refractivity contribution in [1.82, 2.24) is 15.1 Å². The molecule has 0 aromatic heterocycles. The summed E-state index contributed by atoms with van der Waals surface area (Å²) < 4.78 is 0. The van der Waals surface area contributed by atoms with Crippen molar-refractivity contribution in [2.75, 3.05) is 46.3 Å². The van der Waals surface area contributed by atoms with E-state index in [0.29, 0.717) is 18.6 Å². The summed E-state index contributed by atoms with van der Waals surface area (Å²) in [5.41, 5.74) is 10.7. The largest absolute Gasteiger partial charge is 0.329 e. The van der Waals surface area contributed by atoms with Crippen LogP contribution in [-0.4, -0.2) is 56.1 Å². The van der Waals surface area contributed by atoms with Crippen molar-refractivity contribution in [2.24, 2.45) is 5.73 Å². The molecule has 1 fully saturated rings. The molecule has 3 rings (SSSR count). The van der Waals surface area contributed by atoms with Crippen molar-refractivity contribution in [3.8, 4) is 0 Å². The fraction of sp³-hybridized carbons (Fsp3) is 0.700. The molecule has 0 saturated carbocycles. The van der Waals surface area contributed by atoms with E-state index in [9.17, 15) is 0 Å². The predicted molar refractivity (Wildman–Crippen MR) is 101 cm³/mol. The van der Waals surface area contributed by atoms with Crippen molar-refractivity contribution < 1.29 is 0 Å². The second-order valence-electron chi connectivity index (χ2n) is 8.44. The number of rotatable bonds is 2. The second-order valence-corrected chi connectivity index (χ2v) is 8.44. The third-order valence-corrected chi connectivity index (χ3v) is 5.70. The van der Waals surface area contributed by atoms with Gasteiger partial charge in [-0.25, -0.2) is 0 Å². The second kappa shape index (κ2) is 7.12. The van der Waals surface area contributed by atoms with Gasteiger partial charge in [-0.05, 0) is 42.1 Å². The number of fused-ring (bicyclic) bond motifs is 1. The molecule has 2 atom stereocenters. The molecule has 4 nitrogen and oxygen atoms in total. The van der Waals surface area contributed by atoms with Crippen molar-refractivity contribution in [3.05, 3.63) is 34.9 Å². The van der Waals surface area contributed by atoms with Crippen LogP contribution in [0.4, 0.5) is 0 Å². The average Bonchev–Trinajstić information content (AvgIpc) is 2.82. The number of nitrogens with one attached hydrogen (secondary N) is 1. The number of hydrogen-bond donors (Lipinski definition) is 2. The normalized spacial score (nSPS) is 26.9. The van der Waals surface area contributed by atoms with Gasteiger partial charge in [0.1, 0.15) is 0 Å². The number of hydrogen-bond acceptors (Lipinski definition) is 4. The third-order valence-electron chi connectivity index (χ3n) is 5.70. The zero-order chi connectivity index (χ0) is 17.3. The topological polar surface area (TPSA) is 44.5 Å². The summed E-state index contributed by atoms with van der Waals surface area (Å²) >= 11 is 0. The molecular weight excluding hydrogens is 296 g/mol. The van der Waals surface area contributed by atoms with E-state index in [1.807, 2.05) is 0 Å². The van der Waals surface area contributed by atoms with E-state index in [1.54, 1.807) is 0 Å². The minimum Gasteiger partial charge on any atom is -0.329 e. The van der Waals surface area contributed by atoms with Gasteiger partial charge in [-0.15, -0.1) is 0 Å². The van der Waals surface area contributed by atoms with Gasteiger partial charge in [0.2, 0.25) is 0 Å². The molecular formula is C20H34N4. The lowest BCUT2D eigenvalue weighted by atomic mass is 9.81. The van der Waals surface area contributed by atoms with Crippen LogP contribution in [0.25, 0.3) is 0 Å². The minimum absolute atomic E-state index is 0.173. The summed E-state index contributed by atoms with van der Waals surface area (Å²) in [6, 6.07) is 7.96. The molecule has 1 aromatic rings. The Bertz CT molecular complexity index is 555. The highest BCUT2D eigenvalue weighted by Crippen LogP contribution is 2.39. The van der Waals surface area contributed by atoms with Gasteiger partial charge in [0, 0.05) is 44.8 Å². The lowest BCUT2D eigenvalue weighted by Gasteiger charge is -2.43. The Morgan fingerprint density at radius 1 is 1.17 bits per heavy atom. The van der Waals surface area contributed by atoms with Crippen molar-refractivity contribution in [1.29, 1.82) is 0 Å². The highest BCUT2D eigenvalue weighted by molar-refractivity contribution is 5.41. The fourth-order valence-electron chi connectivity index (χ4n) is 4.17. The summed E-state index contributed by atoms with van der Waals surface area (Å²) in [4.78, 5) is 5.12. The number of likely N-dealkylation sites (N-methyl/N-ethyl adjacent to an activating group) is 1. The molecule has 134 valence electrons. The van der Waals surface area contributed by atoms with Gasteiger partial charge in [0.05, 0.1) is 0 Å². The zero-order valence-electron chi connectivity index (χ0n) is 15.8. The van der Waals surface area contributed by atoms with E-state index < -0.39 is 0 Å². The van der Waals surface area contributed by atoms with Crippen LogP contribution in [0.2, 0.25) is 0 Å². The molecule has 0 bridgehead atoms. The Morgan fingerprint density at radius 3 is 2.67 bits per heavy atom. The van der Waals surface area contributed by atoms with Crippen LogP contribution in [0, 0.1) is 0 Å². The first-order valence-corrected chi connectivity index (χ1v) is 9.41. The first kappa shape index (κ1) is 17.9. The van der Waals surface area contributed by atoms with Gasteiger partial charge in [0.25, 0.3) is 0 Å². The Morgan fingerprint density at radius 2 is 1.96 bits per heavy atom. The summed E-state index contributed by atoms with van der Waals surface area (Å²) in [7, 11) is 2.23. The summed E-state index contributed by atoms with van der Waals surface area (Å²) in [5, 5.41) is 3.53. The van der Waals surface area contributed by atoms with Crippen LogP contribution in [0.3, 0.4) is 0 Å². The number of benzene rings is 1. The smallest absolute Gasteiger partial charge is 0.0479 e. The van der Waals surface area contributed by atoms with Gasteiger partial charge in [-0.2, -0.15) is 0 Å². The zero-order valence-corrected chi connectivity index (χ0v) is 15.8.